The highest BCUT2D eigenvalue weighted by Crippen LogP contribution is 2.28. The van der Waals surface area contributed by atoms with Gasteiger partial charge >= 0.3 is 0 Å². The summed E-state index contributed by atoms with van der Waals surface area (Å²) in [7, 11) is 0. The Balaban J connectivity index is 1.82. The zero-order chi connectivity index (χ0) is 14.7. The Morgan fingerprint density at radius 1 is 1.14 bits per heavy atom. The van der Waals surface area contributed by atoms with Crippen LogP contribution in [0, 0.1) is 5.92 Å². The molecule has 0 radical (unpaired) electrons. The zero-order valence-corrected chi connectivity index (χ0v) is 12.9. The van der Waals surface area contributed by atoms with Crippen molar-refractivity contribution < 1.29 is 0 Å². The smallest absolute Gasteiger partial charge is 0.187 e. The second kappa shape index (κ2) is 6.10. The first kappa shape index (κ1) is 13.8. The third-order valence-corrected chi connectivity index (χ3v) is 4.10. The van der Waals surface area contributed by atoms with Crippen LogP contribution < -0.4 is 5.32 Å². The summed E-state index contributed by atoms with van der Waals surface area (Å²) < 4.78 is 2.16. The molecule has 3 rings (SSSR count). The summed E-state index contributed by atoms with van der Waals surface area (Å²) in [5.41, 5.74) is 2.34. The van der Waals surface area contributed by atoms with Gasteiger partial charge in [0.1, 0.15) is 0 Å². The fraction of sp³-hybridized carbons (Fsp3) is 0.250. The van der Waals surface area contributed by atoms with E-state index in [2.05, 4.69) is 58.0 Å². The van der Waals surface area contributed by atoms with Gasteiger partial charge in [0.25, 0.3) is 0 Å². The van der Waals surface area contributed by atoms with E-state index in [1.807, 2.05) is 24.1 Å². The number of hydrogen-bond acceptors (Lipinski definition) is 4. The molecule has 5 heteroatoms. The lowest BCUT2D eigenvalue weighted by atomic mass is 9.95. The molecule has 1 N–H and O–H groups in total. The Morgan fingerprint density at radius 3 is 2.52 bits per heavy atom. The van der Waals surface area contributed by atoms with Crippen molar-refractivity contribution in [3.8, 4) is 0 Å². The molecule has 0 saturated heterocycles. The van der Waals surface area contributed by atoms with E-state index in [4.69, 9.17) is 0 Å². The Labute approximate surface area is 128 Å². The first-order valence-corrected chi connectivity index (χ1v) is 7.86. The summed E-state index contributed by atoms with van der Waals surface area (Å²) in [5, 5.41) is 6.18. The number of aromatic nitrogens is 3. The first-order chi connectivity index (χ1) is 10.2. The van der Waals surface area contributed by atoms with Crippen molar-refractivity contribution in [2.24, 2.45) is 5.92 Å². The average Bonchev–Trinajstić information content (AvgIpc) is 3.14. The van der Waals surface area contributed by atoms with E-state index in [0.29, 0.717) is 12.0 Å². The van der Waals surface area contributed by atoms with Crippen molar-refractivity contribution in [3.05, 3.63) is 60.1 Å². The molecule has 0 fully saturated rings. The maximum absolute atomic E-state index is 4.23. The molecule has 0 aliphatic carbocycles. The van der Waals surface area contributed by atoms with Crippen molar-refractivity contribution in [1.29, 1.82) is 0 Å². The molecule has 4 nitrogen and oxygen atoms in total. The molecular weight excluding hydrogens is 280 g/mol. The van der Waals surface area contributed by atoms with Gasteiger partial charge in [-0.3, -0.25) is 0 Å². The van der Waals surface area contributed by atoms with E-state index >= 15 is 0 Å². The van der Waals surface area contributed by atoms with Gasteiger partial charge in [-0.05, 0) is 23.6 Å². The number of benzene rings is 1. The molecule has 108 valence electrons. The molecular formula is C16H18N4S. The van der Waals surface area contributed by atoms with Gasteiger partial charge in [0.15, 0.2) is 5.13 Å². The van der Waals surface area contributed by atoms with Crippen LogP contribution in [0.15, 0.2) is 54.6 Å². The molecule has 1 atom stereocenters. The van der Waals surface area contributed by atoms with Gasteiger partial charge in [-0.15, -0.1) is 11.3 Å². The van der Waals surface area contributed by atoms with Crippen LogP contribution in [0.4, 0.5) is 10.8 Å². The molecule has 0 spiro atoms. The van der Waals surface area contributed by atoms with Gasteiger partial charge in [0.05, 0.1) is 12.4 Å². The van der Waals surface area contributed by atoms with E-state index in [0.717, 1.165) is 10.8 Å². The largest absolute Gasteiger partial charge is 0.332 e. The van der Waals surface area contributed by atoms with Crippen LogP contribution in [0.5, 0.6) is 0 Å². The minimum atomic E-state index is 0.307. The minimum absolute atomic E-state index is 0.307. The third kappa shape index (κ3) is 3.13. The second-order valence-electron chi connectivity index (χ2n) is 5.28. The number of nitrogens with one attached hydrogen (secondary N) is 1. The highest BCUT2D eigenvalue weighted by atomic mass is 32.1. The van der Waals surface area contributed by atoms with E-state index < -0.39 is 0 Å². The Bertz CT molecular complexity index is 657. The Hall–Kier alpha value is -2.14. The van der Waals surface area contributed by atoms with Crippen LogP contribution in [0.3, 0.4) is 0 Å². The van der Waals surface area contributed by atoms with Crippen molar-refractivity contribution in [2.45, 2.75) is 19.9 Å². The predicted octanol–water partition coefficient (Wildman–Crippen LogP) is 4.33. The lowest BCUT2D eigenvalue weighted by Gasteiger charge is -2.23. The van der Waals surface area contributed by atoms with Crippen LogP contribution >= 0.6 is 11.3 Å². The average molecular weight is 298 g/mol. The summed E-state index contributed by atoms with van der Waals surface area (Å²) >= 11 is 1.60. The van der Waals surface area contributed by atoms with Crippen LogP contribution in [0.1, 0.15) is 25.5 Å². The number of imidazole rings is 1. The normalized spacial score (nSPS) is 12.5. The predicted molar refractivity (Wildman–Crippen MR) is 87.0 cm³/mol. The van der Waals surface area contributed by atoms with Gasteiger partial charge < -0.3 is 9.88 Å². The van der Waals surface area contributed by atoms with E-state index in [1.54, 1.807) is 17.5 Å². The van der Waals surface area contributed by atoms with E-state index in [1.165, 1.54) is 5.56 Å². The summed E-state index contributed by atoms with van der Waals surface area (Å²) in [4.78, 5) is 8.40. The van der Waals surface area contributed by atoms with Crippen LogP contribution in [-0.4, -0.2) is 14.5 Å². The lowest BCUT2D eigenvalue weighted by Crippen LogP contribution is -2.15. The summed E-state index contributed by atoms with van der Waals surface area (Å²) in [6.45, 7) is 4.46. The molecule has 0 aliphatic heterocycles. The van der Waals surface area contributed by atoms with Crippen molar-refractivity contribution in [3.63, 3.8) is 0 Å². The third-order valence-electron chi connectivity index (χ3n) is 3.41. The van der Waals surface area contributed by atoms with Crippen molar-refractivity contribution >= 4 is 22.2 Å². The number of anilines is 2. The molecule has 0 bridgehead atoms. The van der Waals surface area contributed by atoms with Crippen molar-refractivity contribution in [2.75, 3.05) is 5.32 Å². The number of hydrogen-bond donors (Lipinski definition) is 1. The number of rotatable bonds is 5. The van der Waals surface area contributed by atoms with Crippen molar-refractivity contribution in [1.82, 2.24) is 14.5 Å². The Kier molecular flexibility index (Phi) is 4.01. The Morgan fingerprint density at radius 2 is 1.95 bits per heavy atom. The topological polar surface area (TPSA) is 42.7 Å². The SMILES string of the molecule is CC(C)C(c1ccc(Nc2nccs2)cc1)n1ccnc1. The number of nitrogens with zero attached hydrogens (tertiary/aromatic N) is 3. The molecule has 0 saturated carbocycles. The van der Waals surface area contributed by atoms with Gasteiger partial charge in [-0.25, -0.2) is 9.97 Å². The highest BCUT2D eigenvalue weighted by Gasteiger charge is 2.17. The lowest BCUT2D eigenvalue weighted by molar-refractivity contribution is 0.436. The number of thiazole rings is 1. The molecule has 1 unspecified atom stereocenters. The van der Waals surface area contributed by atoms with Gasteiger partial charge in [0, 0.05) is 29.7 Å². The molecule has 21 heavy (non-hydrogen) atoms. The molecule has 2 heterocycles. The fourth-order valence-corrected chi connectivity index (χ4v) is 3.06. The summed E-state index contributed by atoms with van der Waals surface area (Å²) in [6, 6.07) is 8.84. The van der Waals surface area contributed by atoms with Gasteiger partial charge in [-0.1, -0.05) is 26.0 Å². The monoisotopic (exact) mass is 298 g/mol. The first-order valence-electron chi connectivity index (χ1n) is 6.98. The summed E-state index contributed by atoms with van der Waals surface area (Å²) in [6.07, 6.45) is 7.53. The van der Waals surface area contributed by atoms with Crippen LogP contribution in [0.2, 0.25) is 0 Å². The minimum Gasteiger partial charge on any atom is -0.332 e. The maximum atomic E-state index is 4.23. The van der Waals surface area contributed by atoms with Crippen LogP contribution in [-0.2, 0) is 0 Å². The quantitative estimate of drug-likeness (QED) is 0.762. The highest BCUT2D eigenvalue weighted by molar-refractivity contribution is 7.13. The molecule has 1 aromatic carbocycles. The summed E-state index contributed by atoms with van der Waals surface area (Å²) in [5.74, 6) is 0.497. The van der Waals surface area contributed by atoms with E-state index in [-0.39, 0.29) is 0 Å². The molecule has 0 amide bonds. The molecule has 0 aliphatic rings. The van der Waals surface area contributed by atoms with Crippen LogP contribution in [0.25, 0.3) is 0 Å². The second-order valence-corrected chi connectivity index (χ2v) is 6.18. The van der Waals surface area contributed by atoms with E-state index in [9.17, 15) is 0 Å². The maximum Gasteiger partial charge on any atom is 0.187 e. The van der Waals surface area contributed by atoms with Gasteiger partial charge in [0.2, 0.25) is 0 Å². The molecule has 3 aromatic rings. The zero-order valence-electron chi connectivity index (χ0n) is 12.1. The standard InChI is InChI=1S/C16H18N4S/c1-12(2)15(20-9-7-17-11-20)13-3-5-14(6-4-13)19-16-18-8-10-21-16/h3-12,15H,1-2H3,(H,18,19). The fourth-order valence-electron chi connectivity index (χ4n) is 2.51. The van der Waals surface area contributed by atoms with Gasteiger partial charge in [-0.2, -0.15) is 0 Å². The molecule has 2 aromatic heterocycles.